The van der Waals surface area contributed by atoms with Gasteiger partial charge in [0, 0.05) is 6.20 Å². The van der Waals surface area contributed by atoms with Crippen molar-refractivity contribution in [2.24, 2.45) is 10.9 Å². The number of rotatable bonds is 3. The number of carbonyl (C=O) groups excluding carboxylic acids is 1. The van der Waals surface area contributed by atoms with Gasteiger partial charge in [-0.15, -0.1) is 12.4 Å². The lowest BCUT2D eigenvalue weighted by atomic mass is 10.3. The first-order valence-electron chi connectivity index (χ1n) is 3.31. The van der Waals surface area contributed by atoms with Crippen molar-refractivity contribution < 1.29 is 9.63 Å². The SMILES string of the molecule is CO/N=C(\C(=O)Cl)C1(N)NC=CS1.Cl. The van der Waals surface area contributed by atoms with Crippen molar-refractivity contribution in [3.63, 3.8) is 0 Å². The van der Waals surface area contributed by atoms with Gasteiger partial charge in [0.25, 0.3) is 5.24 Å². The fraction of sp³-hybridized carbons (Fsp3) is 0.333. The normalized spacial score (nSPS) is 25.2. The molecule has 8 heteroatoms. The summed E-state index contributed by atoms with van der Waals surface area (Å²) >= 11 is 6.47. The molecule has 1 aliphatic rings. The smallest absolute Gasteiger partial charge is 0.274 e. The van der Waals surface area contributed by atoms with Crippen LogP contribution in [-0.2, 0) is 9.63 Å². The lowest BCUT2D eigenvalue weighted by Gasteiger charge is -2.22. The molecule has 0 aromatic heterocycles. The summed E-state index contributed by atoms with van der Waals surface area (Å²) in [5.74, 6) is 0. The Hall–Kier alpha value is -0.430. The molecule has 0 bridgehead atoms. The van der Waals surface area contributed by atoms with Gasteiger partial charge in [-0.2, -0.15) is 0 Å². The lowest BCUT2D eigenvalue weighted by Crippen LogP contribution is -2.54. The predicted molar refractivity (Wildman–Crippen MR) is 59.3 cm³/mol. The highest BCUT2D eigenvalue weighted by atomic mass is 35.5. The van der Waals surface area contributed by atoms with E-state index in [1.165, 1.54) is 18.9 Å². The van der Waals surface area contributed by atoms with Gasteiger partial charge < -0.3 is 10.2 Å². The molecule has 0 amide bonds. The van der Waals surface area contributed by atoms with Gasteiger partial charge in [0.2, 0.25) is 0 Å². The minimum atomic E-state index is -1.12. The fourth-order valence-electron chi connectivity index (χ4n) is 0.798. The minimum Gasteiger partial charge on any atom is -0.399 e. The molecular formula is C6H9Cl2N3O2S. The summed E-state index contributed by atoms with van der Waals surface area (Å²) in [6, 6.07) is 0. The van der Waals surface area contributed by atoms with E-state index in [2.05, 4.69) is 15.3 Å². The van der Waals surface area contributed by atoms with Gasteiger partial charge in [0.1, 0.15) is 7.11 Å². The van der Waals surface area contributed by atoms with Crippen LogP contribution in [0.2, 0.25) is 0 Å². The third kappa shape index (κ3) is 2.78. The Labute approximate surface area is 96.5 Å². The zero-order valence-electron chi connectivity index (χ0n) is 7.19. The Morgan fingerprint density at radius 1 is 1.79 bits per heavy atom. The third-order valence-electron chi connectivity index (χ3n) is 1.34. The number of nitrogens with zero attached hydrogens (tertiary/aromatic N) is 1. The van der Waals surface area contributed by atoms with Crippen LogP contribution in [0.25, 0.3) is 0 Å². The van der Waals surface area contributed by atoms with E-state index >= 15 is 0 Å². The summed E-state index contributed by atoms with van der Waals surface area (Å²) in [6.45, 7) is 0. The van der Waals surface area contributed by atoms with E-state index in [0.29, 0.717) is 0 Å². The van der Waals surface area contributed by atoms with E-state index in [-0.39, 0.29) is 18.1 Å². The third-order valence-corrected chi connectivity index (χ3v) is 2.47. The van der Waals surface area contributed by atoms with Gasteiger partial charge in [-0.25, -0.2) is 0 Å². The van der Waals surface area contributed by atoms with Crippen LogP contribution in [0.3, 0.4) is 0 Å². The number of nitrogens with two attached hydrogens (primary N) is 1. The number of oxime groups is 1. The van der Waals surface area contributed by atoms with Gasteiger partial charge in [-0.3, -0.25) is 10.5 Å². The number of carbonyl (C=O) groups is 1. The van der Waals surface area contributed by atoms with Crippen LogP contribution in [0.1, 0.15) is 0 Å². The van der Waals surface area contributed by atoms with E-state index in [1.807, 2.05) is 0 Å². The summed E-state index contributed by atoms with van der Waals surface area (Å²) < 4.78 is 0. The first-order chi connectivity index (χ1) is 6.10. The maximum absolute atomic E-state index is 10.9. The van der Waals surface area contributed by atoms with Crippen LogP contribution in [-0.4, -0.2) is 23.1 Å². The molecule has 0 saturated carbocycles. The molecule has 0 radical (unpaired) electrons. The lowest BCUT2D eigenvalue weighted by molar-refractivity contribution is -0.106. The van der Waals surface area contributed by atoms with Crippen molar-refractivity contribution in [3.05, 3.63) is 11.6 Å². The van der Waals surface area contributed by atoms with Crippen molar-refractivity contribution in [3.8, 4) is 0 Å². The van der Waals surface area contributed by atoms with Crippen LogP contribution < -0.4 is 11.1 Å². The topological polar surface area (TPSA) is 76.7 Å². The van der Waals surface area contributed by atoms with Crippen molar-refractivity contribution in [1.29, 1.82) is 0 Å². The van der Waals surface area contributed by atoms with E-state index in [0.717, 1.165) is 0 Å². The first kappa shape index (κ1) is 13.6. The summed E-state index contributed by atoms with van der Waals surface area (Å²) in [6.07, 6.45) is 1.61. The van der Waals surface area contributed by atoms with Crippen LogP contribution in [0.15, 0.2) is 16.8 Å². The summed E-state index contributed by atoms with van der Waals surface area (Å²) in [5.41, 5.74) is 5.70. The first-order valence-corrected chi connectivity index (χ1v) is 4.57. The highest BCUT2D eigenvalue weighted by Crippen LogP contribution is 2.25. The highest BCUT2D eigenvalue weighted by Gasteiger charge is 2.37. The quantitative estimate of drug-likeness (QED) is 0.440. The summed E-state index contributed by atoms with van der Waals surface area (Å²) in [7, 11) is 1.32. The number of halogens is 2. The molecule has 1 unspecified atom stereocenters. The maximum Gasteiger partial charge on any atom is 0.274 e. The number of thioether (sulfide) groups is 1. The second kappa shape index (κ2) is 5.45. The van der Waals surface area contributed by atoms with Crippen LogP contribution in [0.4, 0.5) is 0 Å². The van der Waals surface area contributed by atoms with Gasteiger partial charge in [0.05, 0.1) is 0 Å². The second-order valence-corrected chi connectivity index (χ2v) is 3.69. The van der Waals surface area contributed by atoms with Crippen molar-refractivity contribution in [1.82, 2.24) is 5.32 Å². The Kier molecular flexibility index (Phi) is 5.28. The number of nitrogens with one attached hydrogen (secondary N) is 1. The largest absolute Gasteiger partial charge is 0.399 e. The molecule has 0 spiro atoms. The average molecular weight is 258 g/mol. The van der Waals surface area contributed by atoms with E-state index in [4.69, 9.17) is 17.3 Å². The summed E-state index contributed by atoms with van der Waals surface area (Å²) in [5, 5.41) is 7.16. The molecule has 5 nitrogen and oxygen atoms in total. The average Bonchev–Trinajstić information content (AvgIpc) is 2.48. The maximum atomic E-state index is 10.9. The van der Waals surface area contributed by atoms with Crippen LogP contribution in [0, 0.1) is 0 Å². The van der Waals surface area contributed by atoms with E-state index < -0.39 is 10.2 Å². The molecule has 1 heterocycles. The molecule has 80 valence electrons. The van der Waals surface area contributed by atoms with Gasteiger partial charge in [-0.1, -0.05) is 16.9 Å². The monoisotopic (exact) mass is 257 g/mol. The molecule has 0 saturated heterocycles. The number of hydrogen-bond acceptors (Lipinski definition) is 6. The standard InChI is InChI=1S/C6H8ClN3O2S.ClH/c1-12-10-4(5(7)11)6(8)9-2-3-13-6;/h2-3,9H,8H2,1H3;1H/b10-4+;. The molecule has 0 fully saturated rings. The summed E-state index contributed by atoms with van der Waals surface area (Å²) in [4.78, 5) is 14.3. The van der Waals surface area contributed by atoms with Gasteiger partial charge in [0.15, 0.2) is 10.7 Å². The Balaban J connectivity index is 0.00000169. The Morgan fingerprint density at radius 3 is 2.79 bits per heavy atom. The van der Waals surface area contributed by atoms with Crippen LogP contribution >= 0.6 is 35.8 Å². The molecule has 1 rings (SSSR count). The zero-order valence-corrected chi connectivity index (χ0v) is 9.58. The minimum absolute atomic E-state index is 0. The molecule has 14 heavy (non-hydrogen) atoms. The van der Waals surface area contributed by atoms with Gasteiger partial charge >= 0.3 is 0 Å². The Bertz CT molecular complexity index is 274. The predicted octanol–water partition coefficient (Wildman–Crippen LogP) is 0.596. The zero-order chi connectivity index (χ0) is 9.90. The van der Waals surface area contributed by atoms with Crippen molar-refractivity contribution >= 4 is 46.7 Å². The fourth-order valence-corrected chi connectivity index (χ4v) is 1.77. The molecular weight excluding hydrogens is 249 g/mol. The molecule has 1 atom stereocenters. The molecule has 0 aromatic rings. The molecule has 1 aliphatic heterocycles. The highest BCUT2D eigenvalue weighted by molar-refractivity contribution is 8.04. The van der Waals surface area contributed by atoms with Gasteiger partial charge in [-0.05, 0) is 17.0 Å². The number of hydrogen-bond donors (Lipinski definition) is 2. The van der Waals surface area contributed by atoms with E-state index in [1.54, 1.807) is 11.6 Å². The van der Waals surface area contributed by atoms with Crippen molar-refractivity contribution in [2.45, 2.75) is 4.99 Å². The van der Waals surface area contributed by atoms with E-state index in [9.17, 15) is 4.79 Å². The van der Waals surface area contributed by atoms with Crippen molar-refractivity contribution in [2.75, 3.05) is 7.11 Å². The molecule has 3 N–H and O–H groups in total. The Morgan fingerprint density at radius 2 is 2.43 bits per heavy atom. The molecule has 0 aromatic carbocycles. The molecule has 0 aliphatic carbocycles. The van der Waals surface area contributed by atoms with Crippen LogP contribution in [0.5, 0.6) is 0 Å². The second-order valence-electron chi connectivity index (χ2n) is 2.20.